The first kappa shape index (κ1) is 54.0. The topological polar surface area (TPSA) is 356 Å². The van der Waals surface area contributed by atoms with Gasteiger partial charge in [0.2, 0.25) is 41.4 Å². The summed E-state index contributed by atoms with van der Waals surface area (Å²) in [5.74, 6) is -4.83. The van der Waals surface area contributed by atoms with Crippen LogP contribution in [0.5, 0.6) is 0 Å². The molecule has 0 saturated heterocycles. The van der Waals surface area contributed by atoms with Crippen LogP contribution >= 0.6 is 0 Å². The molecule has 7 unspecified atom stereocenters. The number of hydrogen-bond acceptors (Lipinski definition) is 11. The summed E-state index contributed by atoms with van der Waals surface area (Å²) < 4.78 is 0. The van der Waals surface area contributed by atoms with Crippen LogP contribution in [0.1, 0.15) is 76.6 Å². The molecule has 22 nitrogen and oxygen atoms in total. The number of carbonyl (C=O) groups is 8. The summed E-state index contributed by atoms with van der Waals surface area (Å²) in [6.07, 6.45) is 7.00. The Kier molecular flexibility index (Phi) is 20.9. The number of unbranched alkanes of at least 4 members (excludes halogenated alkanes) is 1. The Labute approximate surface area is 400 Å². The van der Waals surface area contributed by atoms with E-state index in [1.807, 2.05) is 31.2 Å². The molecule has 7 amide bonds. The zero-order chi connectivity index (χ0) is 50.5. The number of rotatable bonds is 29. The SMILES string of the molecule is CCCCC(NC(C)=O)C(=O)NC(C)C(=O)NC(Cc1cnc[nH]1)C(=O)NC(Cc1ccccc1)C(=O)NC(C=O)(CCCN=C(N)N)CNC(C)C(=O)NC(Cc1c[nH]c2ccccc12)C(N)=O. The minimum absolute atomic E-state index is 0.0276. The number of para-hydroxylation sites is 1. The standard InChI is InChI=1S/C47H66N14O8/c1-5-6-16-36(57-30(4)63)43(67)56-29(3)42(66)59-39(22-33-24-51-27-55-33)44(68)60-38(20-31-13-8-7-9-14-31)45(69)61-47(26-62,18-12-19-52-46(49)50)25-54-28(2)41(65)58-37(40(48)64)21-32-23-53-35-17-11-10-15-34(32)35/h7-11,13-15,17,23-24,26-29,36-39,53-54H,5-6,12,16,18-22,25H2,1-4H3,(H2,48,64)(H,51,55)(H,56,67)(H,57,63)(H,58,65)(H,59,66)(H,60,68)(H,61,69)(H4,49,50,52). The zero-order valence-electron chi connectivity index (χ0n) is 39.4. The van der Waals surface area contributed by atoms with E-state index in [2.05, 4.69) is 57.2 Å². The van der Waals surface area contributed by atoms with Crippen molar-refractivity contribution in [2.24, 2.45) is 22.2 Å². The van der Waals surface area contributed by atoms with E-state index in [0.717, 1.165) is 22.9 Å². The van der Waals surface area contributed by atoms with Gasteiger partial charge in [-0.05, 0) is 50.3 Å². The van der Waals surface area contributed by atoms with Gasteiger partial charge in [0.25, 0.3) is 0 Å². The number of aromatic nitrogens is 3. The molecule has 4 aromatic rings. The number of fused-ring (bicyclic) bond motifs is 1. The van der Waals surface area contributed by atoms with Crippen molar-refractivity contribution in [3.05, 3.63) is 90.1 Å². The van der Waals surface area contributed by atoms with Gasteiger partial charge in [0.1, 0.15) is 42.0 Å². The summed E-state index contributed by atoms with van der Waals surface area (Å²) in [5.41, 5.74) is 17.8. The van der Waals surface area contributed by atoms with Gasteiger partial charge in [-0.2, -0.15) is 0 Å². The Morgan fingerprint density at radius 3 is 2.04 bits per heavy atom. The van der Waals surface area contributed by atoms with Crippen molar-refractivity contribution in [3.8, 4) is 0 Å². The minimum Gasteiger partial charge on any atom is -0.370 e. The van der Waals surface area contributed by atoms with E-state index in [0.29, 0.717) is 30.4 Å². The number of imidazole rings is 1. The molecule has 0 aliphatic carbocycles. The van der Waals surface area contributed by atoms with Crippen LogP contribution < -0.4 is 54.4 Å². The second-order valence-electron chi connectivity index (χ2n) is 17.0. The average Bonchev–Trinajstić information content (AvgIpc) is 4.00. The molecule has 2 aromatic heterocycles. The van der Waals surface area contributed by atoms with Gasteiger partial charge in [-0.1, -0.05) is 68.3 Å². The second kappa shape index (κ2) is 26.6. The molecule has 372 valence electrons. The molecule has 0 fully saturated rings. The molecule has 0 bridgehead atoms. The minimum atomic E-state index is -1.71. The first-order valence-electron chi connectivity index (χ1n) is 22.8. The number of aliphatic imine (C=N–C) groups is 1. The Balaban J connectivity index is 1.56. The Morgan fingerprint density at radius 2 is 1.39 bits per heavy atom. The van der Waals surface area contributed by atoms with Crippen molar-refractivity contribution in [1.82, 2.24) is 52.2 Å². The average molecular weight is 955 g/mol. The number of benzene rings is 2. The molecule has 4 rings (SSSR count). The van der Waals surface area contributed by atoms with E-state index in [4.69, 9.17) is 17.2 Å². The number of nitrogens with two attached hydrogens (primary N) is 3. The number of carbonyl (C=O) groups excluding carboxylic acids is 8. The summed E-state index contributed by atoms with van der Waals surface area (Å²) in [6, 6.07) is 9.46. The van der Waals surface area contributed by atoms with Gasteiger partial charge in [-0.25, -0.2) is 4.98 Å². The largest absolute Gasteiger partial charge is 0.370 e. The van der Waals surface area contributed by atoms with Crippen LogP contribution in [0.15, 0.2) is 78.3 Å². The maximum atomic E-state index is 14.6. The van der Waals surface area contributed by atoms with Crippen molar-refractivity contribution in [2.75, 3.05) is 13.1 Å². The first-order valence-corrected chi connectivity index (χ1v) is 22.8. The predicted molar refractivity (Wildman–Crippen MR) is 258 cm³/mol. The van der Waals surface area contributed by atoms with Crippen LogP contribution in [0.2, 0.25) is 0 Å². The number of guanidine groups is 1. The van der Waals surface area contributed by atoms with Gasteiger partial charge in [-0.3, -0.25) is 38.6 Å². The predicted octanol–water partition coefficient (Wildman–Crippen LogP) is -0.856. The maximum Gasteiger partial charge on any atom is 0.243 e. The molecule has 0 aliphatic heterocycles. The molecule has 15 N–H and O–H groups in total. The summed E-state index contributed by atoms with van der Waals surface area (Å²) in [5, 5.41) is 20.0. The van der Waals surface area contributed by atoms with Gasteiger partial charge in [0, 0.05) is 68.3 Å². The Bertz CT molecular complexity index is 2390. The van der Waals surface area contributed by atoms with Crippen LogP contribution in [0, 0.1) is 0 Å². The third-order valence-corrected chi connectivity index (χ3v) is 11.4. The number of amides is 7. The number of aromatic amines is 2. The summed E-state index contributed by atoms with van der Waals surface area (Å²) in [6.45, 7) is 5.97. The number of nitrogens with zero attached hydrogens (tertiary/aromatic N) is 2. The highest BCUT2D eigenvalue weighted by atomic mass is 16.2. The van der Waals surface area contributed by atoms with Gasteiger partial charge < -0.3 is 69.2 Å². The molecular formula is C47H66N14O8. The lowest BCUT2D eigenvalue weighted by Crippen LogP contribution is -2.63. The summed E-state index contributed by atoms with van der Waals surface area (Å²) in [4.78, 5) is 121. The second-order valence-corrected chi connectivity index (χ2v) is 17.0. The number of primary amides is 1. The molecule has 0 aliphatic rings. The van der Waals surface area contributed by atoms with E-state index in [1.54, 1.807) is 36.5 Å². The zero-order valence-corrected chi connectivity index (χ0v) is 39.4. The summed E-state index contributed by atoms with van der Waals surface area (Å²) >= 11 is 0. The third kappa shape index (κ3) is 17.2. The molecule has 2 aromatic carbocycles. The number of aldehydes is 1. The molecular weight excluding hydrogens is 889 g/mol. The summed E-state index contributed by atoms with van der Waals surface area (Å²) in [7, 11) is 0. The number of H-pyrrole nitrogens is 2. The quantitative estimate of drug-likeness (QED) is 0.0137. The van der Waals surface area contributed by atoms with Crippen LogP contribution in [-0.4, -0.2) is 123 Å². The van der Waals surface area contributed by atoms with Gasteiger partial charge in [0.15, 0.2) is 5.96 Å². The maximum absolute atomic E-state index is 14.6. The molecule has 0 spiro atoms. The fourth-order valence-electron chi connectivity index (χ4n) is 7.48. The van der Waals surface area contributed by atoms with Crippen molar-refractivity contribution in [2.45, 2.75) is 121 Å². The van der Waals surface area contributed by atoms with E-state index in [-0.39, 0.29) is 51.2 Å². The van der Waals surface area contributed by atoms with Crippen molar-refractivity contribution in [1.29, 1.82) is 0 Å². The molecule has 22 heteroatoms. The van der Waals surface area contributed by atoms with Gasteiger partial charge in [0.05, 0.1) is 12.4 Å². The van der Waals surface area contributed by atoms with E-state index < -0.39 is 83.1 Å². The first-order chi connectivity index (χ1) is 32.9. The molecule has 69 heavy (non-hydrogen) atoms. The smallest absolute Gasteiger partial charge is 0.243 e. The molecule has 0 radical (unpaired) electrons. The highest BCUT2D eigenvalue weighted by Gasteiger charge is 2.37. The van der Waals surface area contributed by atoms with Crippen LogP contribution in [0.4, 0.5) is 0 Å². The van der Waals surface area contributed by atoms with E-state index in [9.17, 15) is 38.4 Å². The van der Waals surface area contributed by atoms with Crippen LogP contribution in [0.25, 0.3) is 10.9 Å². The lowest BCUT2D eigenvalue weighted by atomic mass is 9.93. The monoisotopic (exact) mass is 955 g/mol. The highest BCUT2D eigenvalue weighted by Crippen LogP contribution is 2.19. The van der Waals surface area contributed by atoms with E-state index >= 15 is 0 Å². The molecule has 7 atom stereocenters. The van der Waals surface area contributed by atoms with Crippen LogP contribution in [0.3, 0.4) is 0 Å². The third-order valence-electron chi connectivity index (χ3n) is 11.4. The lowest BCUT2D eigenvalue weighted by molar-refractivity contribution is -0.135. The fraction of sp³-hybridized carbons (Fsp3) is 0.447. The van der Waals surface area contributed by atoms with Crippen molar-refractivity contribution >= 4 is 64.5 Å². The number of nitrogens with one attached hydrogen (secondary N) is 9. The highest BCUT2D eigenvalue weighted by molar-refractivity contribution is 5.96. The van der Waals surface area contributed by atoms with Gasteiger partial charge in [-0.15, -0.1) is 0 Å². The molecule has 0 saturated carbocycles. The van der Waals surface area contributed by atoms with Crippen molar-refractivity contribution in [3.63, 3.8) is 0 Å². The van der Waals surface area contributed by atoms with Gasteiger partial charge >= 0.3 is 0 Å². The number of hydrogen-bond donors (Lipinski definition) is 12. The fourth-order valence-corrected chi connectivity index (χ4v) is 7.48. The normalized spacial score (nSPS) is 14.6. The Hall–Kier alpha value is -7.62. The van der Waals surface area contributed by atoms with E-state index in [1.165, 1.54) is 33.3 Å². The molecule has 2 heterocycles. The Morgan fingerprint density at radius 1 is 0.739 bits per heavy atom. The van der Waals surface area contributed by atoms with Crippen LogP contribution in [-0.2, 0) is 57.6 Å². The lowest BCUT2D eigenvalue weighted by Gasteiger charge is -2.33. The van der Waals surface area contributed by atoms with Crippen molar-refractivity contribution < 1.29 is 38.4 Å².